The minimum atomic E-state index is -2.40. The summed E-state index contributed by atoms with van der Waals surface area (Å²) in [7, 11) is 0. The zero-order chi connectivity index (χ0) is 19.1. The number of benzene rings is 2. The monoisotopic (exact) mass is 376 g/mol. The van der Waals surface area contributed by atoms with E-state index in [0.29, 0.717) is 0 Å². The molecule has 2 aromatic rings. The molecule has 4 N–H and O–H groups in total. The fourth-order valence-electron chi connectivity index (χ4n) is 1.83. The van der Waals surface area contributed by atoms with Crippen molar-refractivity contribution in [1.82, 2.24) is 0 Å². The quantitative estimate of drug-likeness (QED) is 0.529. The van der Waals surface area contributed by atoms with Gasteiger partial charge in [-0.05, 0) is 24.3 Å². The van der Waals surface area contributed by atoms with Crippen molar-refractivity contribution in [3.63, 3.8) is 0 Å². The van der Waals surface area contributed by atoms with Crippen molar-refractivity contribution < 1.29 is 44.3 Å². The molecule has 0 spiro atoms. The van der Waals surface area contributed by atoms with Crippen LogP contribution in [0.3, 0.4) is 0 Å². The molecule has 0 fully saturated rings. The average Bonchev–Trinajstić information content (AvgIpc) is 2.67. The van der Waals surface area contributed by atoms with Crippen molar-refractivity contribution in [3.8, 4) is 0 Å². The Hall–Kier alpha value is -3.40. The van der Waals surface area contributed by atoms with Gasteiger partial charge in [0.15, 0.2) is 12.2 Å². The summed E-state index contributed by atoms with van der Waals surface area (Å²) in [6.07, 6.45) is -4.81. The maximum Gasteiger partial charge on any atom is 0.346 e. The first-order valence-corrected chi connectivity index (χ1v) is 7.38. The summed E-state index contributed by atoms with van der Waals surface area (Å²) in [4.78, 5) is 46.8. The van der Waals surface area contributed by atoms with Crippen LogP contribution in [-0.2, 0) is 19.1 Å². The van der Waals surface area contributed by atoms with Gasteiger partial charge in [0.05, 0.1) is 11.1 Å². The maximum absolute atomic E-state index is 11.7. The predicted molar refractivity (Wildman–Crippen MR) is 89.4 cm³/mol. The lowest BCUT2D eigenvalue weighted by molar-refractivity contribution is -0.166. The lowest BCUT2D eigenvalue weighted by Crippen LogP contribution is -2.43. The van der Waals surface area contributed by atoms with Crippen molar-refractivity contribution >= 4 is 23.9 Å². The molecule has 0 heterocycles. The number of aliphatic hydroxyl groups excluding tert-OH is 2. The van der Waals surface area contributed by atoms with Gasteiger partial charge in [0.1, 0.15) is 0 Å². The van der Waals surface area contributed by atoms with Gasteiger partial charge in [-0.3, -0.25) is 0 Å². The van der Waals surface area contributed by atoms with E-state index < -0.39 is 36.1 Å². The SMILES string of the molecule is O.O=C(OC(=O)C(O)C(O)C(=O)OC(=O)c1ccccc1)c1ccccc1. The van der Waals surface area contributed by atoms with Crippen LogP contribution in [0.15, 0.2) is 60.7 Å². The van der Waals surface area contributed by atoms with Crippen LogP contribution >= 0.6 is 0 Å². The molecule has 2 rings (SSSR count). The molecule has 0 aliphatic carbocycles. The predicted octanol–water partition coefficient (Wildman–Crippen LogP) is -0.349. The lowest BCUT2D eigenvalue weighted by Gasteiger charge is -2.14. The van der Waals surface area contributed by atoms with E-state index in [4.69, 9.17) is 0 Å². The van der Waals surface area contributed by atoms with E-state index in [1.165, 1.54) is 48.5 Å². The van der Waals surface area contributed by atoms with E-state index >= 15 is 0 Å². The van der Waals surface area contributed by atoms with Crippen LogP contribution in [0, 0.1) is 0 Å². The molecule has 9 nitrogen and oxygen atoms in total. The van der Waals surface area contributed by atoms with Crippen LogP contribution in [0.4, 0.5) is 0 Å². The zero-order valence-corrected chi connectivity index (χ0v) is 13.8. The second-order valence-electron chi connectivity index (χ2n) is 5.04. The van der Waals surface area contributed by atoms with Gasteiger partial charge in [-0.25, -0.2) is 19.2 Å². The number of rotatable bonds is 5. The first kappa shape index (κ1) is 21.6. The largest absolute Gasteiger partial charge is 0.412 e. The van der Waals surface area contributed by atoms with Gasteiger partial charge in [-0.2, -0.15) is 0 Å². The molecule has 0 aliphatic heterocycles. The summed E-state index contributed by atoms with van der Waals surface area (Å²) in [5.74, 6) is -5.27. The number of esters is 4. The number of hydrogen-bond donors (Lipinski definition) is 2. The Morgan fingerprint density at radius 2 is 0.926 bits per heavy atom. The van der Waals surface area contributed by atoms with Crippen molar-refractivity contribution in [2.24, 2.45) is 0 Å². The second-order valence-corrected chi connectivity index (χ2v) is 5.04. The molecule has 0 radical (unpaired) electrons. The normalized spacial score (nSPS) is 12.1. The molecule has 0 saturated heterocycles. The van der Waals surface area contributed by atoms with Gasteiger partial charge in [0.25, 0.3) is 0 Å². The van der Waals surface area contributed by atoms with Crippen LogP contribution in [0.5, 0.6) is 0 Å². The topological polar surface area (TPSA) is 159 Å². The number of aliphatic hydroxyl groups is 2. The number of carbonyl (C=O) groups excluding carboxylic acids is 4. The Labute approximate surface area is 153 Å². The first-order valence-electron chi connectivity index (χ1n) is 7.38. The summed E-state index contributed by atoms with van der Waals surface area (Å²) in [6.45, 7) is 0. The molecular weight excluding hydrogens is 360 g/mol. The highest BCUT2D eigenvalue weighted by Gasteiger charge is 2.35. The summed E-state index contributed by atoms with van der Waals surface area (Å²) < 4.78 is 8.76. The van der Waals surface area contributed by atoms with Crippen LogP contribution in [-0.4, -0.2) is 51.8 Å². The summed E-state index contributed by atoms with van der Waals surface area (Å²) >= 11 is 0. The minimum absolute atomic E-state index is 0. The molecule has 9 heteroatoms. The van der Waals surface area contributed by atoms with Crippen molar-refractivity contribution in [2.45, 2.75) is 12.2 Å². The summed E-state index contributed by atoms with van der Waals surface area (Å²) in [5.41, 5.74) is 0.0637. The van der Waals surface area contributed by atoms with Crippen molar-refractivity contribution in [1.29, 1.82) is 0 Å². The maximum atomic E-state index is 11.7. The molecule has 27 heavy (non-hydrogen) atoms. The second kappa shape index (κ2) is 9.92. The molecular formula is C18H16O9. The van der Waals surface area contributed by atoms with E-state index in [-0.39, 0.29) is 16.6 Å². The van der Waals surface area contributed by atoms with Gasteiger partial charge >= 0.3 is 23.9 Å². The number of ether oxygens (including phenoxy) is 2. The third kappa shape index (κ3) is 5.82. The van der Waals surface area contributed by atoms with Gasteiger partial charge in [0.2, 0.25) is 0 Å². The first-order chi connectivity index (χ1) is 12.4. The Kier molecular flexibility index (Phi) is 7.95. The third-order valence-electron chi connectivity index (χ3n) is 3.19. The van der Waals surface area contributed by atoms with Crippen molar-refractivity contribution in [2.75, 3.05) is 0 Å². The molecule has 2 atom stereocenters. The van der Waals surface area contributed by atoms with Gasteiger partial charge < -0.3 is 25.2 Å². The van der Waals surface area contributed by atoms with Crippen molar-refractivity contribution in [3.05, 3.63) is 71.8 Å². The number of carbonyl (C=O) groups is 4. The highest BCUT2D eigenvalue weighted by atomic mass is 16.6. The van der Waals surface area contributed by atoms with E-state index in [2.05, 4.69) is 9.47 Å². The molecule has 142 valence electrons. The number of hydrogen-bond acceptors (Lipinski definition) is 8. The van der Waals surface area contributed by atoms with Gasteiger partial charge in [-0.1, -0.05) is 36.4 Å². The Balaban J connectivity index is 0.00000364. The Bertz CT molecular complexity index is 733. The Morgan fingerprint density at radius 1 is 0.630 bits per heavy atom. The minimum Gasteiger partial charge on any atom is -0.412 e. The van der Waals surface area contributed by atoms with E-state index in [1.807, 2.05) is 0 Å². The van der Waals surface area contributed by atoms with Crippen LogP contribution < -0.4 is 0 Å². The molecule has 0 saturated carbocycles. The standard InChI is InChI=1S/C18H14O8.H2O/c19-13(17(23)25-15(21)11-7-3-1-4-8-11)14(20)18(24)26-16(22)12-9-5-2-6-10-12;/h1-10,13-14,19-20H;1H2. The smallest absolute Gasteiger partial charge is 0.346 e. The van der Waals surface area contributed by atoms with E-state index in [0.717, 1.165) is 0 Å². The highest BCUT2D eigenvalue weighted by molar-refractivity contribution is 6.01. The highest BCUT2D eigenvalue weighted by Crippen LogP contribution is 2.07. The molecule has 0 aromatic heterocycles. The molecule has 2 unspecified atom stereocenters. The zero-order valence-electron chi connectivity index (χ0n) is 13.8. The van der Waals surface area contributed by atoms with E-state index in [9.17, 15) is 29.4 Å². The lowest BCUT2D eigenvalue weighted by atomic mass is 10.2. The van der Waals surface area contributed by atoms with Gasteiger partial charge in [-0.15, -0.1) is 0 Å². The van der Waals surface area contributed by atoms with Crippen LogP contribution in [0.25, 0.3) is 0 Å². The fourth-order valence-corrected chi connectivity index (χ4v) is 1.83. The molecule has 2 aromatic carbocycles. The van der Waals surface area contributed by atoms with Crippen LogP contribution in [0.1, 0.15) is 20.7 Å². The molecule has 0 amide bonds. The van der Waals surface area contributed by atoms with Gasteiger partial charge in [0, 0.05) is 0 Å². The molecule has 0 bridgehead atoms. The van der Waals surface area contributed by atoms with Crippen LogP contribution in [0.2, 0.25) is 0 Å². The summed E-state index contributed by atoms with van der Waals surface area (Å²) in [6, 6.07) is 14.8. The average molecular weight is 376 g/mol. The third-order valence-corrected chi connectivity index (χ3v) is 3.19. The summed E-state index contributed by atoms with van der Waals surface area (Å²) in [5, 5.41) is 19.3. The Morgan fingerprint density at radius 3 is 1.22 bits per heavy atom. The fraction of sp³-hybridized carbons (Fsp3) is 0.111. The van der Waals surface area contributed by atoms with E-state index in [1.54, 1.807) is 12.1 Å². The molecule has 0 aliphatic rings.